The lowest BCUT2D eigenvalue weighted by Gasteiger charge is -1.67. The van der Waals surface area contributed by atoms with Crippen LogP contribution in [0, 0.1) is 6.92 Å². The maximum absolute atomic E-state index is 3.60. The largest absolute Gasteiger partial charge is 0.0776 e. The van der Waals surface area contributed by atoms with Crippen LogP contribution in [0.15, 0.2) is 0 Å². The summed E-state index contributed by atoms with van der Waals surface area (Å²) in [4.78, 5) is 0. The maximum atomic E-state index is 3.60. The average molecular weight is 97.5 g/mol. The van der Waals surface area contributed by atoms with Gasteiger partial charge < -0.3 is 0 Å². The van der Waals surface area contributed by atoms with Gasteiger partial charge in [-0.2, -0.15) is 0 Å². The third-order valence-corrected chi connectivity index (χ3v) is 0.354. The summed E-state index contributed by atoms with van der Waals surface area (Å²) in [7, 11) is 0. The van der Waals surface area contributed by atoms with Crippen molar-refractivity contribution in [2.24, 2.45) is 0 Å². The highest BCUT2D eigenvalue weighted by molar-refractivity contribution is 5.75. The van der Waals surface area contributed by atoms with Crippen LogP contribution in [0.5, 0.6) is 0 Å². The van der Waals surface area contributed by atoms with Crippen molar-refractivity contribution in [3.05, 3.63) is 6.92 Å². The molecule has 0 saturated carbocycles. The molecule has 0 saturated heterocycles. The van der Waals surface area contributed by atoms with Crippen LogP contribution < -0.4 is 0 Å². The molecule has 0 aliphatic heterocycles. The molecule has 0 atom stereocenters. The Bertz CT molecular complexity index is 5.90. The first-order chi connectivity index (χ1) is 1.91. The number of unbranched alkanes of at least 4 members (excludes halogenated alkanes) is 1. The number of hydrogen-bond acceptors (Lipinski definition) is 0. The minimum Gasteiger partial charge on any atom is -0.0776 e. The molecular formula is C5H13Mg. The standard InChI is InChI=1S/C4H9.CH4.Mg/c1-3-4-2;;/h1,3-4H2,2H3;1H4;. The topological polar surface area (TPSA) is 0 Å². The van der Waals surface area contributed by atoms with E-state index in [4.69, 9.17) is 0 Å². The van der Waals surface area contributed by atoms with E-state index in [1.807, 2.05) is 0 Å². The van der Waals surface area contributed by atoms with Crippen LogP contribution in [0.4, 0.5) is 0 Å². The second-order valence-corrected chi connectivity index (χ2v) is 0.854. The zero-order chi connectivity index (χ0) is 3.41. The first-order valence-corrected chi connectivity index (χ1v) is 1.71. The van der Waals surface area contributed by atoms with E-state index in [2.05, 4.69) is 13.8 Å². The van der Waals surface area contributed by atoms with Crippen molar-refractivity contribution in [3.63, 3.8) is 0 Å². The van der Waals surface area contributed by atoms with Crippen LogP contribution >= 0.6 is 0 Å². The van der Waals surface area contributed by atoms with Crippen LogP contribution in [-0.4, -0.2) is 23.1 Å². The lowest BCUT2D eigenvalue weighted by molar-refractivity contribution is 0.956. The van der Waals surface area contributed by atoms with E-state index >= 15 is 0 Å². The molecule has 1 heteroatoms. The Balaban J connectivity index is -0.0000000450. The van der Waals surface area contributed by atoms with Crippen LogP contribution in [-0.2, 0) is 0 Å². The highest BCUT2D eigenvalue weighted by Crippen LogP contribution is 1.75. The summed E-state index contributed by atoms with van der Waals surface area (Å²) in [5.74, 6) is 0. The molecule has 0 aromatic heterocycles. The average Bonchev–Trinajstić information content (AvgIpc) is 1.37. The van der Waals surface area contributed by atoms with Crippen LogP contribution in [0.1, 0.15) is 27.2 Å². The summed E-state index contributed by atoms with van der Waals surface area (Å²) >= 11 is 0. The Morgan fingerprint density at radius 2 is 1.67 bits per heavy atom. The summed E-state index contributed by atoms with van der Waals surface area (Å²) in [5.41, 5.74) is 0. The second kappa shape index (κ2) is 17.1. The molecule has 0 heterocycles. The molecule has 0 bridgehead atoms. The number of hydrogen-bond donors (Lipinski definition) is 0. The first kappa shape index (κ1) is 15.9. The molecule has 3 radical (unpaired) electrons. The summed E-state index contributed by atoms with van der Waals surface area (Å²) in [6, 6.07) is 0. The predicted molar refractivity (Wildman–Crippen MR) is 32.7 cm³/mol. The van der Waals surface area contributed by atoms with E-state index in [1.54, 1.807) is 0 Å². The fourth-order valence-electron chi connectivity index (χ4n) is 0. The molecule has 0 aliphatic carbocycles. The van der Waals surface area contributed by atoms with Crippen molar-refractivity contribution in [3.8, 4) is 0 Å². The Labute approximate surface area is 57.5 Å². The maximum Gasteiger partial charge on any atom is 0 e. The molecule has 0 unspecified atom stereocenters. The van der Waals surface area contributed by atoms with Gasteiger partial charge in [0.15, 0.2) is 0 Å². The normalized spacial score (nSPS) is 5.00. The van der Waals surface area contributed by atoms with Gasteiger partial charge in [0, 0.05) is 23.1 Å². The van der Waals surface area contributed by atoms with E-state index in [-0.39, 0.29) is 30.5 Å². The van der Waals surface area contributed by atoms with Crippen molar-refractivity contribution in [2.75, 3.05) is 0 Å². The molecule has 0 spiro atoms. The molecular weight excluding hydrogens is 84.4 g/mol. The van der Waals surface area contributed by atoms with Gasteiger partial charge in [-0.15, -0.1) is 0 Å². The molecule has 0 nitrogen and oxygen atoms in total. The van der Waals surface area contributed by atoms with Crippen LogP contribution in [0.25, 0.3) is 0 Å². The SMILES string of the molecule is C.[CH2]CCC.[Mg]. The van der Waals surface area contributed by atoms with Gasteiger partial charge in [0.2, 0.25) is 0 Å². The van der Waals surface area contributed by atoms with E-state index in [9.17, 15) is 0 Å². The monoisotopic (exact) mass is 97.1 g/mol. The lowest BCUT2D eigenvalue weighted by atomic mass is 10.4. The van der Waals surface area contributed by atoms with Crippen molar-refractivity contribution >= 4 is 23.1 Å². The van der Waals surface area contributed by atoms with Gasteiger partial charge in [0.05, 0.1) is 0 Å². The zero-order valence-electron chi connectivity index (χ0n) is 3.83. The van der Waals surface area contributed by atoms with Gasteiger partial charge in [-0.1, -0.05) is 34.1 Å². The smallest absolute Gasteiger partial charge is 0 e. The van der Waals surface area contributed by atoms with Gasteiger partial charge in [0.25, 0.3) is 0 Å². The quantitative estimate of drug-likeness (QED) is 0.438. The molecule has 35 valence electrons. The molecule has 0 aromatic rings. The van der Waals surface area contributed by atoms with E-state index in [0.717, 1.165) is 6.42 Å². The summed E-state index contributed by atoms with van der Waals surface area (Å²) in [6.45, 7) is 5.72. The Hall–Kier alpha value is 0.766. The minimum atomic E-state index is 0. The minimum absolute atomic E-state index is 0. The fraction of sp³-hybridized carbons (Fsp3) is 0.800. The fourth-order valence-corrected chi connectivity index (χ4v) is 0. The molecule has 0 N–H and O–H groups in total. The Morgan fingerprint density at radius 3 is 1.67 bits per heavy atom. The Kier molecular flexibility index (Phi) is 45.3. The Morgan fingerprint density at radius 1 is 1.50 bits per heavy atom. The van der Waals surface area contributed by atoms with Crippen molar-refractivity contribution in [2.45, 2.75) is 27.2 Å². The van der Waals surface area contributed by atoms with Crippen molar-refractivity contribution in [1.82, 2.24) is 0 Å². The third kappa shape index (κ3) is 21.7. The molecule has 0 aromatic carbocycles. The van der Waals surface area contributed by atoms with Gasteiger partial charge in [-0.3, -0.25) is 0 Å². The molecule has 0 amide bonds. The summed E-state index contributed by atoms with van der Waals surface area (Å²) in [6.07, 6.45) is 2.28. The van der Waals surface area contributed by atoms with Crippen LogP contribution in [0.2, 0.25) is 0 Å². The molecule has 6 heavy (non-hydrogen) atoms. The zero-order valence-corrected chi connectivity index (χ0v) is 5.24. The van der Waals surface area contributed by atoms with Crippen LogP contribution in [0.3, 0.4) is 0 Å². The highest BCUT2D eigenvalue weighted by atomic mass is 24.3. The summed E-state index contributed by atoms with van der Waals surface area (Å²) in [5, 5.41) is 0. The van der Waals surface area contributed by atoms with E-state index < -0.39 is 0 Å². The van der Waals surface area contributed by atoms with Crippen molar-refractivity contribution in [1.29, 1.82) is 0 Å². The molecule has 0 rings (SSSR count). The van der Waals surface area contributed by atoms with E-state index in [0.29, 0.717) is 0 Å². The molecule has 0 aliphatic rings. The van der Waals surface area contributed by atoms with Gasteiger partial charge in [0.1, 0.15) is 0 Å². The summed E-state index contributed by atoms with van der Waals surface area (Å²) < 4.78 is 0. The first-order valence-electron chi connectivity index (χ1n) is 1.71. The van der Waals surface area contributed by atoms with Gasteiger partial charge in [-0.05, 0) is 0 Å². The van der Waals surface area contributed by atoms with Gasteiger partial charge >= 0.3 is 0 Å². The molecule has 0 fully saturated rings. The highest BCUT2D eigenvalue weighted by Gasteiger charge is 1.56. The third-order valence-electron chi connectivity index (χ3n) is 0.354. The predicted octanol–water partition coefficient (Wildman–Crippen LogP) is 1.88. The number of rotatable bonds is 1. The lowest BCUT2D eigenvalue weighted by Crippen LogP contribution is -1.48. The van der Waals surface area contributed by atoms with Gasteiger partial charge in [-0.25, -0.2) is 0 Å². The van der Waals surface area contributed by atoms with Crippen molar-refractivity contribution < 1.29 is 0 Å². The second-order valence-electron chi connectivity index (χ2n) is 0.854. The van der Waals surface area contributed by atoms with E-state index in [1.165, 1.54) is 6.42 Å².